The third-order valence-electron chi connectivity index (χ3n) is 5.49. The SMILES string of the molecule is CO[Si](C)(OC(C)C1CCCC1)C1CCCCCC1. The number of hydrogen-bond acceptors (Lipinski definition) is 2. The molecule has 0 radical (unpaired) electrons. The maximum Gasteiger partial charge on any atom is 0.338 e. The van der Waals surface area contributed by atoms with Crippen LogP contribution in [0.2, 0.25) is 12.1 Å². The van der Waals surface area contributed by atoms with E-state index in [1.54, 1.807) is 0 Å². The van der Waals surface area contributed by atoms with Crippen LogP contribution >= 0.6 is 0 Å². The summed E-state index contributed by atoms with van der Waals surface area (Å²) >= 11 is 0. The van der Waals surface area contributed by atoms with Crippen molar-refractivity contribution >= 4 is 8.56 Å². The predicted molar refractivity (Wildman–Crippen MR) is 82.6 cm³/mol. The van der Waals surface area contributed by atoms with E-state index < -0.39 is 8.56 Å². The quantitative estimate of drug-likeness (QED) is 0.521. The summed E-state index contributed by atoms with van der Waals surface area (Å²) in [5, 5.41) is 0. The topological polar surface area (TPSA) is 18.5 Å². The minimum atomic E-state index is -1.99. The molecule has 19 heavy (non-hydrogen) atoms. The van der Waals surface area contributed by atoms with Gasteiger partial charge in [-0.1, -0.05) is 38.5 Å². The lowest BCUT2D eigenvalue weighted by atomic mass is 10.0. The molecule has 3 heteroatoms. The highest BCUT2D eigenvalue weighted by atomic mass is 28.4. The second-order valence-electron chi connectivity index (χ2n) is 6.78. The van der Waals surface area contributed by atoms with Gasteiger partial charge in [-0.3, -0.25) is 0 Å². The Labute approximate surface area is 120 Å². The van der Waals surface area contributed by atoms with E-state index in [9.17, 15) is 0 Å². The Bertz CT molecular complexity index is 257. The highest BCUT2D eigenvalue weighted by Gasteiger charge is 2.42. The van der Waals surface area contributed by atoms with Crippen molar-refractivity contribution in [3.8, 4) is 0 Å². The molecular formula is C16H32O2Si. The van der Waals surface area contributed by atoms with Crippen molar-refractivity contribution in [2.24, 2.45) is 5.92 Å². The molecule has 2 saturated carbocycles. The van der Waals surface area contributed by atoms with Gasteiger partial charge in [-0.15, -0.1) is 0 Å². The fourth-order valence-corrected chi connectivity index (χ4v) is 7.02. The molecule has 0 aromatic heterocycles. The first-order valence-electron chi connectivity index (χ1n) is 8.38. The van der Waals surface area contributed by atoms with Gasteiger partial charge in [0, 0.05) is 18.8 Å². The Morgan fingerprint density at radius 3 is 1.95 bits per heavy atom. The molecule has 2 unspecified atom stereocenters. The molecule has 0 spiro atoms. The van der Waals surface area contributed by atoms with Crippen LogP contribution in [0.3, 0.4) is 0 Å². The predicted octanol–water partition coefficient (Wildman–Crippen LogP) is 5.02. The van der Waals surface area contributed by atoms with E-state index in [0.717, 1.165) is 5.92 Å². The third-order valence-corrected chi connectivity index (χ3v) is 9.20. The number of rotatable bonds is 5. The van der Waals surface area contributed by atoms with Crippen LogP contribution in [-0.2, 0) is 8.85 Å². The van der Waals surface area contributed by atoms with E-state index >= 15 is 0 Å². The highest BCUT2D eigenvalue weighted by molar-refractivity contribution is 6.67. The van der Waals surface area contributed by atoms with Crippen LogP contribution in [0.25, 0.3) is 0 Å². The van der Waals surface area contributed by atoms with E-state index in [1.165, 1.54) is 64.2 Å². The second kappa shape index (κ2) is 7.23. The highest BCUT2D eigenvalue weighted by Crippen LogP contribution is 2.39. The van der Waals surface area contributed by atoms with Crippen molar-refractivity contribution in [3.05, 3.63) is 0 Å². The molecule has 0 aliphatic heterocycles. The van der Waals surface area contributed by atoms with Crippen LogP contribution in [0.1, 0.15) is 71.1 Å². The second-order valence-corrected chi connectivity index (χ2v) is 10.3. The van der Waals surface area contributed by atoms with Crippen LogP contribution in [0.4, 0.5) is 0 Å². The molecule has 0 N–H and O–H groups in total. The standard InChI is InChI=1S/C16H32O2Si/c1-14(15-10-8-9-11-15)18-19(3,17-2)16-12-6-4-5-7-13-16/h14-16H,4-13H2,1-3H3. The summed E-state index contributed by atoms with van der Waals surface area (Å²) in [5.74, 6) is 0.785. The lowest BCUT2D eigenvalue weighted by Crippen LogP contribution is -2.46. The van der Waals surface area contributed by atoms with Crippen LogP contribution in [0.15, 0.2) is 0 Å². The first-order valence-corrected chi connectivity index (χ1v) is 10.8. The molecule has 0 aromatic rings. The molecule has 2 nitrogen and oxygen atoms in total. The molecule has 2 fully saturated rings. The van der Waals surface area contributed by atoms with E-state index in [-0.39, 0.29) is 0 Å². The summed E-state index contributed by atoms with van der Waals surface area (Å²) in [7, 11) is -0.0980. The van der Waals surface area contributed by atoms with Gasteiger partial charge in [0.2, 0.25) is 0 Å². The zero-order valence-corrected chi connectivity index (χ0v) is 14.1. The lowest BCUT2D eigenvalue weighted by Gasteiger charge is -2.37. The van der Waals surface area contributed by atoms with Crippen molar-refractivity contribution in [1.29, 1.82) is 0 Å². The summed E-state index contributed by atoms with van der Waals surface area (Å²) in [4.78, 5) is 0. The van der Waals surface area contributed by atoms with Crippen molar-refractivity contribution < 1.29 is 8.85 Å². The zero-order chi connectivity index (χ0) is 13.7. The molecular weight excluding hydrogens is 252 g/mol. The first-order chi connectivity index (χ1) is 9.15. The Kier molecular flexibility index (Phi) is 5.91. The minimum Gasteiger partial charge on any atom is -0.398 e. The average Bonchev–Trinajstić information content (AvgIpc) is 2.81. The molecule has 2 aliphatic carbocycles. The van der Waals surface area contributed by atoms with E-state index in [1.807, 2.05) is 7.11 Å². The van der Waals surface area contributed by atoms with Gasteiger partial charge < -0.3 is 8.85 Å². The minimum absolute atomic E-state index is 0.405. The maximum absolute atomic E-state index is 6.58. The normalized spacial score (nSPS) is 27.9. The fraction of sp³-hybridized carbons (Fsp3) is 1.00. The molecule has 2 rings (SSSR count). The van der Waals surface area contributed by atoms with E-state index in [4.69, 9.17) is 8.85 Å². The monoisotopic (exact) mass is 284 g/mol. The van der Waals surface area contributed by atoms with Gasteiger partial charge in [-0.25, -0.2) is 0 Å². The van der Waals surface area contributed by atoms with Gasteiger partial charge in [0.1, 0.15) is 0 Å². The van der Waals surface area contributed by atoms with Crippen LogP contribution in [0.5, 0.6) is 0 Å². The van der Waals surface area contributed by atoms with Crippen LogP contribution < -0.4 is 0 Å². The van der Waals surface area contributed by atoms with Gasteiger partial charge >= 0.3 is 8.56 Å². The van der Waals surface area contributed by atoms with E-state index in [0.29, 0.717) is 11.6 Å². The largest absolute Gasteiger partial charge is 0.398 e. The Balaban J connectivity index is 1.94. The summed E-state index contributed by atoms with van der Waals surface area (Å²) in [6.45, 7) is 4.60. The van der Waals surface area contributed by atoms with Crippen molar-refractivity contribution in [2.75, 3.05) is 7.11 Å². The number of hydrogen-bond donors (Lipinski definition) is 0. The average molecular weight is 285 g/mol. The van der Waals surface area contributed by atoms with Crippen LogP contribution in [0, 0.1) is 5.92 Å². The summed E-state index contributed by atoms with van der Waals surface area (Å²) in [6.07, 6.45) is 14.1. The van der Waals surface area contributed by atoms with Crippen molar-refractivity contribution in [2.45, 2.75) is 89.3 Å². The lowest BCUT2D eigenvalue weighted by molar-refractivity contribution is 0.0928. The third kappa shape index (κ3) is 4.05. The Hall–Kier alpha value is 0.137. The molecule has 0 amide bonds. The summed E-state index contributed by atoms with van der Waals surface area (Å²) in [6, 6.07) is 0. The van der Waals surface area contributed by atoms with Crippen molar-refractivity contribution in [1.82, 2.24) is 0 Å². The fourth-order valence-electron chi connectivity index (χ4n) is 4.01. The van der Waals surface area contributed by atoms with E-state index in [2.05, 4.69) is 13.5 Å². The molecule has 2 aliphatic rings. The van der Waals surface area contributed by atoms with Gasteiger partial charge in [0.05, 0.1) is 0 Å². The molecule has 0 heterocycles. The summed E-state index contributed by atoms with van der Waals surface area (Å²) < 4.78 is 12.6. The Morgan fingerprint density at radius 1 is 0.895 bits per heavy atom. The van der Waals surface area contributed by atoms with Gasteiger partial charge in [0.15, 0.2) is 0 Å². The van der Waals surface area contributed by atoms with Crippen LogP contribution in [-0.4, -0.2) is 21.8 Å². The molecule has 0 bridgehead atoms. The van der Waals surface area contributed by atoms with Gasteiger partial charge in [-0.05, 0) is 45.1 Å². The zero-order valence-electron chi connectivity index (χ0n) is 13.1. The molecule has 2 atom stereocenters. The van der Waals surface area contributed by atoms with Crippen molar-refractivity contribution in [3.63, 3.8) is 0 Å². The molecule has 0 saturated heterocycles. The maximum atomic E-state index is 6.58. The smallest absolute Gasteiger partial charge is 0.338 e. The van der Waals surface area contributed by atoms with Gasteiger partial charge in [-0.2, -0.15) is 0 Å². The van der Waals surface area contributed by atoms with Gasteiger partial charge in [0.25, 0.3) is 0 Å². The molecule has 112 valence electrons. The Morgan fingerprint density at radius 2 is 1.42 bits per heavy atom. The molecule has 0 aromatic carbocycles. The first kappa shape index (κ1) is 15.5. The summed E-state index contributed by atoms with van der Waals surface area (Å²) in [5.41, 5.74) is 0.712.